The van der Waals surface area contributed by atoms with E-state index in [1.807, 2.05) is 6.08 Å². The molecule has 7 aliphatic rings. The predicted molar refractivity (Wildman–Crippen MR) is 250 cm³/mol. The Morgan fingerprint density at radius 1 is 0.706 bits per heavy atom. The molecule has 2 aliphatic carbocycles. The van der Waals surface area contributed by atoms with Crippen molar-refractivity contribution in [2.45, 2.75) is 111 Å². The highest BCUT2D eigenvalue weighted by Gasteiger charge is 2.50. The van der Waals surface area contributed by atoms with Gasteiger partial charge in [0.05, 0.1) is 52.0 Å². The van der Waals surface area contributed by atoms with Crippen molar-refractivity contribution in [2.75, 3.05) is 93.1 Å². The van der Waals surface area contributed by atoms with Crippen LogP contribution < -0.4 is 0 Å². The summed E-state index contributed by atoms with van der Waals surface area (Å²) >= 11 is 0. The van der Waals surface area contributed by atoms with Crippen molar-refractivity contribution in [1.82, 2.24) is 0 Å². The van der Waals surface area contributed by atoms with Crippen LogP contribution in [-0.4, -0.2) is 144 Å². The predicted octanol–water partition coefficient (Wildman–Crippen LogP) is 7.02. The van der Waals surface area contributed by atoms with Gasteiger partial charge in [0.1, 0.15) is 35.2 Å². The molecule has 5 heterocycles. The number of esters is 1. The number of hydrogen-bond acceptors (Lipinski definition) is 18. The van der Waals surface area contributed by atoms with E-state index in [-0.39, 0.29) is 65.0 Å². The summed E-state index contributed by atoms with van der Waals surface area (Å²) in [5.41, 5.74) is 1.95. The summed E-state index contributed by atoms with van der Waals surface area (Å²) in [4.78, 5) is 77.0. The van der Waals surface area contributed by atoms with Gasteiger partial charge in [-0.25, -0.2) is 0 Å². The number of allylic oxidation sites excluding steroid dienone is 4. The van der Waals surface area contributed by atoms with Crippen LogP contribution in [0.25, 0.3) is 0 Å². The van der Waals surface area contributed by atoms with Crippen LogP contribution in [0.3, 0.4) is 0 Å². The Labute approximate surface area is 401 Å². The monoisotopic (exact) mass is 982 g/mol. The summed E-state index contributed by atoms with van der Waals surface area (Å²) in [5, 5.41) is 19.3. The maximum atomic E-state index is 12.0. The second-order valence-electron chi connectivity index (χ2n) is 17.5. The van der Waals surface area contributed by atoms with E-state index < -0.39 is 24.9 Å². The minimum Gasteiger partial charge on any atom is -0.512 e. The van der Waals surface area contributed by atoms with Crippen molar-refractivity contribution in [3.8, 4) is 0 Å². The highest BCUT2D eigenvalue weighted by Crippen LogP contribution is 2.48. The third kappa shape index (κ3) is 23.5. The Hall–Kier alpha value is -4.00. The van der Waals surface area contributed by atoms with Crippen molar-refractivity contribution >= 4 is 48.3 Å². The van der Waals surface area contributed by atoms with Gasteiger partial charge in [0.2, 0.25) is 0 Å². The molecule has 0 aromatic rings. The second kappa shape index (κ2) is 32.0. The Morgan fingerprint density at radius 2 is 1.24 bits per heavy atom. The van der Waals surface area contributed by atoms with Crippen molar-refractivity contribution < 1.29 is 85.8 Å². The minimum absolute atomic E-state index is 0.00810. The number of rotatable bonds is 9. The first kappa shape index (κ1) is 60.1. The number of aliphatic hydroxyl groups excluding tert-OH is 2. The molecule has 68 heavy (non-hydrogen) atoms. The van der Waals surface area contributed by atoms with Gasteiger partial charge in [-0.05, 0) is 84.1 Å². The van der Waals surface area contributed by atoms with Crippen molar-refractivity contribution in [3.63, 3.8) is 0 Å². The zero-order valence-electron chi connectivity index (χ0n) is 40.9. The standard InChI is InChI=1S/C13H18O5.C10H14O3.2C8H12O2.C5H11O4P.C5H8O2/c1-2-18-12(16)11-10(15)7-9(14)8-13(11)3-5-17-6-4-13;11-8-5-9(12)7-10(6-8)1-3-13-4-2-10;2*1-7(9)6-8-2-4-10-5-3-8;1-5(6)4-10(7,8-2)9-3;6-5-1-3-7-4-2-5/h7,11,15H,2-6,8H2,1H3;5,11H,1-4,6-7H2;6H,2-5H2,1H3;2H,3-6H2,1H3;4H2,1-3H3;1-4H2. The van der Waals surface area contributed by atoms with E-state index in [0.717, 1.165) is 71.2 Å². The van der Waals surface area contributed by atoms with Crippen LogP contribution >= 0.6 is 7.60 Å². The summed E-state index contributed by atoms with van der Waals surface area (Å²) in [7, 11) is -0.572. The first-order valence-corrected chi connectivity index (χ1v) is 25.0. The number of carbonyl (C=O) groups is 7. The average molecular weight is 983 g/mol. The Balaban J connectivity index is 0.000000287. The zero-order valence-corrected chi connectivity index (χ0v) is 41.8. The topological polar surface area (TPSA) is 251 Å². The molecule has 18 nitrogen and oxygen atoms in total. The van der Waals surface area contributed by atoms with Gasteiger partial charge in [-0.3, -0.25) is 38.1 Å². The number of Topliss-reactive ketones (excluding diaryl/α,β-unsaturated/α-hetero) is 3. The van der Waals surface area contributed by atoms with Crippen molar-refractivity contribution in [3.05, 3.63) is 47.0 Å². The lowest BCUT2D eigenvalue weighted by Crippen LogP contribution is -2.46. The Morgan fingerprint density at radius 3 is 1.68 bits per heavy atom. The fourth-order valence-electron chi connectivity index (χ4n) is 8.35. The highest BCUT2D eigenvalue weighted by atomic mass is 31.2. The SMILES string of the molecule is CC(=O)C=C1CCOCC1.CC(=O)CC1=CCOCC1.CCOC(=O)C1C(O)=CC(=O)CC12CCOCC2.COP(=O)(CC(C)=O)OC.O=C1C=C(O)CC2(CCOCC2)C1.O=C1CCOCC1. The van der Waals surface area contributed by atoms with Gasteiger partial charge in [-0.2, -0.15) is 0 Å². The summed E-state index contributed by atoms with van der Waals surface area (Å²) in [6.45, 7) is 13.3. The molecule has 4 saturated heterocycles. The molecule has 0 amide bonds. The number of aliphatic hydroxyl groups is 2. The summed E-state index contributed by atoms with van der Waals surface area (Å²) in [6.07, 6.45) is 15.3. The van der Waals surface area contributed by atoms with Crippen LogP contribution in [0.4, 0.5) is 0 Å². The molecule has 0 aromatic carbocycles. The maximum absolute atomic E-state index is 12.0. The number of hydrogen-bond donors (Lipinski definition) is 2. The zero-order chi connectivity index (χ0) is 50.6. The van der Waals surface area contributed by atoms with Crippen LogP contribution in [0.15, 0.2) is 47.0 Å². The summed E-state index contributed by atoms with van der Waals surface area (Å²) in [6, 6.07) is 0. The molecule has 0 saturated carbocycles. The van der Waals surface area contributed by atoms with E-state index in [1.54, 1.807) is 26.8 Å². The molecule has 0 radical (unpaired) electrons. The molecule has 5 aliphatic heterocycles. The number of ether oxygens (including phenoxy) is 6. The normalized spacial score (nSPS) is 21.8. The van der Waals surface area contributed by atoms with Crippen LogP contribution in [0.5, 0.6) is 0 Å². The molecule has 7 rings (SSSR count). The molecule has 4 fully saturated rings. The molecule has 0 bridgehead atoms. The maximum Gasteiger partial charge on any atom is 0.337 e. The van der Waals surface area contributed by atoms with Gasteiger partial charge in [-0.1, -0.05) is 17.2 Å². The van der Waals surface area contributed by atoms with E-state index in [9.17, 15) is 48.3 Å². The fraction of sp³-hybridized carbons (Fsp3) is 0.694. The van der Waals surface area contributed by atoms with E-state index in [4.69, 9.17) is 28.4 Å². The highest BCUT2D eigenvalue weighted by molar-refractivity contribution is 7.54. The quantitative estimate of drug-likeness (QED) is 0.102. The van der Waals surface area contributed by atoms with Crippen LogP contribution in [0.2, 0.25) is 0 Å². The van der Waals surface area contributed by atoms with Crippen LogP contribution in [-0.2, 0) is 75.6 Å². The van der Waals surface area contributed by atoms with E-state index in [2.05, 4.69) is 9.05 Å². The second-order valence-corrected chi connectivity index (χ2v) is 19.8. The first-order chi connectivity index (χ1) is 32.3. The lowest BCUT2D eigenvalue weighted by Gasteiger charge is -2.43. The largest absolute Gasteiger partial charge is 0.512 e. The Bertz CT molecular complexity index is 1830. The molecule has 1 atom stereocenters. The third-order valence-electron chi connectivity index (χ3n) is 11.8. The minimum atomic E-state index is -3.09. The van der Waals surface area contributed by atoms with Gasteiger partial charge in [0, 0.05) is 96.7 Å². The lowest BCUT2D eigenvalue weighted by atomic mass is 9.63. The van der Waals surface area contributed by atoms with Gasteiger partial charge >= 0.3 is 13.6 Å². The molecule has 2 spiro atoms. The Kier molecular flexibility index (Phi) is 28.3. The average Bonchev–Trinajstić information content (AvgIpc) is 3.28. The third-order valence-corrected chi connectivity index (χ3v) is 13.8. The molecule has 19 heteroatoms. The van der Waals surface area contributed by atoms with E-state index >= 15 is 0 Å². The van der Waals surface area contributed by atoms with E-state index in [1.165, 1.54) is 38.4 Å². The molecular weight excluding hydrogens is 907 g/mol. The number of ketones is 6. The summed E-state index contributed by atoms with van der Waals surface area (Å²) in [5.74, 6) is -0.617. The first-order valence-electron chi connectivity index (χ1n) is 23.3. The van der Waals surface area contributed by atoms with Crippen LogP contribution in [0, 0.1) is 16.7 Å². The number of carbonyl (C=O) groups excluding carboxylic acids is 7. The van der Waals surface area contributed by atoms with Gasteiger partial charge in [0.25, 0.3) is 0 Å². The molecular formula is C49H75O18P. The molecule has 1 unspecified atom stereocenters. The lowest BCUT2D eigenvalue weighted by molar-refractivity contribution is -0.157. The molecule has 2 N–H and O–H groups in total. The van der Waals surface area contributed by atoms with Gasteiger partial charge in [0.15, 0.2) is 17.3 Å². The van der Waals surface area contributed by atoms with Crippen LogP contribution in [0.1, 0.15) is 111 Å². The molecule has 384 valence electrons. The van der Waals surface area contributed by atoms with Gasteiger partial charge < -0.3 is 47.7 Å². The summed E-state index contributed by atoms with van der Waals surface area (Å²) < 4.78 is 50.8. The van der Waals surface area contributed by atoms with E-state index in [0.29, 0.717) is 83.8 Å². The van der Waals surface area contributed by atoms with Crippen molar-refractivity contribution in [1.29, 1.82) is 0 Å². The van der Waals surface area contributed by atoms with Crippen molar-refractivity contribution in [2.24, 2.45) is 16.7 Å². The van der Waals surface area contributed by atoms with Gasteiger partial charge in [-0.15, -0.1) is 0 Å². The molecule has 0 aromatic heterocycles. The fourth-order valence-corrected chi connectivity index (χ4v) is 9.30. The smallest absolute Gasteiger partial charge is 0.337 e.